The van der Waals surface area contributed by atoms with Crippen molar-refractivity contribution in [2.45, 2.75) is 19.1 Å². The Labute approximate surface area is 141 Å². The number of halogens is 1. The summed E-state index contributed by atoms with van der Waals surface area (Å²) < 4.78 is 18.9. The van der Waals surface area contributed by atoms with Gasteiger partial charge in [-0.05, 0) is 35.7 Å². The van der Waals surface area contributed by atoms with Crippen molar-refractivity contribution in [3.8, 4) is 0 Å². The van der Waals surface area contributed by atoms with E-state index in [1.165, 1.54) is 28.6 Å². The molecule has 1 aliphatic rings. The fourth-order valence-electron chi connectivity index (χ4n) is 3.43. The summed E-state index contributed by atoms with van der Waals surface area (Å²) in [6.07, 6.45) is 3.09. The van der Waals surface area contributed by atoms with Gasteiger partial charge < -0.3 is 9.72 Å². The number of hydrogen-bond acceptors (Lipinski definition) is 2. The standard InChI is InChI=1S/C20H21FN2O/c21-17-7-5-15(6-8-17)11-18-14-23(9-10-24-18)13-16-12-22-20-4-2-1-3-19(16)20/h1-8,12,18,22H,9-11,13-14H2/t18-/m1/s1. The third-order valence-electron chi connectivity index (χ3n) is 4.67. The molecule has 0 radical (unpaired) electrons. The number of aromatic nitrogens is 1. The molecule has 0 amide bonds. The number of aromatic amines is 1. The first-order valence-electron chi connectivity index (χ1n) is 8.41. The van der Waals surface area contributed by atoms with Crippen molar-refractivity contribution in [1.29, 1.82) is 0 Å². The van der Waals surface area contributed by atoms with Crippen LogP contribution in [0.15, 0.2) is 54.7 Å². The van der Waals surface area contributed by atoms with E-state index in [4.69, 9.17) is 4.74 Å². The van der Waals surface area contributed by atoms with E-state index in [9.17, 15) is 4.39 Å². The lowest BCUT2D eigenvalue weighted by molar-refractivity contribution is -0.0303. The Morgan fingerprint density at radius 3 is 2.83 bits per heavy atom. The Balaban J connectivity index is 1.42. The fraction of sp³-hybridized carbons (Fsp3) is 0.300. The summed E-state index contributed by atoms with van der Waals surface area (Å²) in [6.45, 7) is 3.51. The molecule has 3 nitrogen and oxygen atoms in total. The third-order valence-corrected chi connectivity index (χ3v) is 4.67. The SMILES string of the molecule is Fc1ccc(C[C@@H]2CN(Cc3c[nH]c4ccccc34)CCO2)cc1. The molecule has 1 N–H and O–H groups in total. The van der Waals surface area contributed by atoms with Gasteiger partial charge in [0, 0.05) is 36.7 Å². The van der Waals surface area contributed by atoms with E-state index in [0.29, 0.717) is 0 Å². The first-order valence-corrected chi connectivity index (χ1v) is 8.41. The van der Waals surface area contributed by atoms with E-state index < -0.39 is 0 Å². The largest absolute Gasteiger partial charge is 0.375 e. The van der Waals surface area contributed by atoms with Crippen molar-refractivity contribution in [2.24, 2.45) is 0 Å². The second kappa shape index (κ2) is 6.75. The molecule has 124 valence electrons. The topological polar surface area (TPSA) is 28.3 Å². The van der Waals surface area contributed by atoms with Gasteiger partial charge in [-0.3, -0.25) is 4.90 Å². The van der Waals surface area contributed by atoms with Crippen LogP contribution in [0.1, 0.15) is 11.1 Å². The first kappa shape index (κ1) is 15.4. The fourth-order valence-corrected chi connectivity index (χ4v) is 3.43. The maximum Gasteiger partial charge on any atom is 0.123 e. The maximum absolute atomic E-state index is 13.0. The Bertz CT molecular complexity index is 812. The highest BCUT2D eigenvalue weighted by atomic mass is 19.1. The summed E-state index contributed by atoms with van der Waals surface area (Å²) in [6, 6.07) is 15.1. The smallest absolute Gasteiger partial charge is 0.123 e. The summed E-state index contributed by atoms with van der Waals surface area (Å²) in [7, 11) is 0. The average Bonchev–Trinajstić information content (AvgIpc) is 3.01. The van der Waals surface area contributed by atoms with E-state index in [-0.39, 0.29) is 11.9 Å². The lowest BCUT2D eigenvalue weighted by Gasteiger charge is -2.33. The van der Waals surface area contributed by atoms with Crippen LogP contribution in [-0.4, -0.2) is 35.7 Å². The minimum absolute atomic E-state index is 0.161. The van der Waals surface area contributed by atoms with Gasteiger partial charge in [0.2, 0.25) is 0 Å². The normalized spacial score (nSPS) is 19.0. The molecule has 1 aliphatic heterocycles. The van der Waals surface area contributed by atoms with Crippen molar-refractivity contribution in [3.63, 3.8) is 0 Å². The molecule has 3 aromatic rings. The predicted molar refractivity (Wildman–Crippen MR) is 93.4 cm³/mol. The molecule has 1 fully saturated rings. The van der Waals surface area contributed by atoms with E-state index in [0.717, 1.165) is 38.2 Å². The minimum atomic E-state index is -0.190. The molecular weight excluding hydrogens is 303 g/mol. The molecule has 0 unspecified atom stereocenters. The first-order chi connectivity index (χ1) is 11.8. The summed E-state index contributed by atoms with van der Waals surface area (Å²) in [5.74, 6) is -0.190. The van der Waals surface area contributed by atoms with Crippen LogP contribution in [0, 0.1) is 5.82 Å². The van der Waals surface area contributed by atoms with Crippen molar-refractivity contribution >= 4 is 10.9 Å². The van der Waals surface area contributed by atoms with Crippen molar-refractivity contribution in [1.82, 2.24) is 9.88 Å². The Morgan fingerprint density at radius 2 is 1.96 bits per heavy atom. The molecule has 0 saturated carbocycles. The number of hydrogen-bond donors (Lipinski definition) is 1. The highest BCUT2D eigenvalue weighted by molar-refractivity contribution is 5.82. The number of fused-ring (bicyclic) bond motifs is 1. The van der Waals surface area contributed by atoms with Crippen LogP contribution in [0.2, 0.25) is 0 Å². The number of nitrogens with one attached hydrogen (secondary N) is 1. The van der Waals surface area contributed by atoms with Gasteiger partial charge in [0.25, 0.3) is 0 Å². The Kier molecular flexibility index (Phi) is 4.32. The quantitative estimate of drug-likeness (QED) is 0.792. The molecule has 0 bridgehead atoms. The third kappa shape index (κ3) is 3.35. The van der Waals surface area contributed by atoms with E-state index in [1.807, 2.05) is 12.1 Å². The van der Waals surface area contributed by atoms with Crippen LogP contribution in [0.5, 0.6) is 0 Å². The highest BCUT2D eigenvalue weighted by Gasteiger charge is 2.21. The van der Waals surface area contributed by atoms with Gasteiger partial charge in [-0.15, -0.1) is 0 Å². The molecule has 24 heavy (non-hydrogen) atoms. The number of morpholine rings is 1. The minimum Gasteiger partial charge on any atom is -0.375 e. The lowest BCUT2D eigenvalue weighted by atomic mass is 10.1. The average molecular weight is 324 g/mol. The van der Waals surface area contributed by atoms with Gasteiger partial charge in [0.05, 0.1) is 12.7 Å². The van der Waals surface area contributed by atoms with E-state index in [1.54, 1.807) is 0 Å². The van der Waals surface area contributed by atoms with Crippen LogP contribution in [0.4, 0.5) is 4.39 Å². The van der Waals surface area contributed by atoms with Crippen LogP contribution < -0.4 is 0 Å². The number of ether oxygens (including phenoxy) is 1. The Morgan fingerprint density at radius 1 is 1.12 bits per heavy atom. The van der Waals surface area contributed by atoms with Gasteiger partial charge >= 0.3 is 0 Å². The lowest BCUT2D eigenvalue weighted by Crippen LogP contribution is -2.42. The van der Waals surface area contributed by atoms with Crippen molar-refractivity contribution < 1.29 is 9.13 Å². The van der Waals surface area contributed by atoms with Gasteiger partial charge in [0.1, 0.15) is 5.82 Å². The Hall–Kier alpha value is -2.17. The molecule has 4 heteroatoms. The zero-order valence-electron chi connectivity index (χ0n) is 13.5. The van der Waals surface area contributed by atoms with Crippen LogP contribution in [0.25, 0.3) is 10.9 Å². The summed E-state index contributed by atoms with van der Waals surface area (Å²) in [4.78, 5) is 5.78. The molecule has 0 aliphatic carbocycles. The molecule has 1 aromatic heterocycles. The van der Waals surface area contributed by atoms with Gasteiger partial charge in [-0.25, -0.2) is 4.39 Å². The molecule has 1 atom stereocenters. The molecule has 2 heterocycles. The maximum atomic E-state index is 13.0. The van der Waals surface area contributed by atoms with Crippen LogP contribution >= 0.6 is 0 Å². The molecule has 4 rings (SSSR count). The van der Waals surface area contributed by atoms with E-state index >= 15 is 0 Å². The summed E-state index contributed by atoms with van der Waals surface area (Å²) in [5, 5.41) is 1.29. The monoisotopic (exact) mass is 324 g/mol. The number of benzene rings is 2. The zero-order chi connectivity index (χ0) is 16.4. The van der Waals surface area contributed by atoms with Gasteiger partial charge in [-0.2, -0.15) is 0 Å². The molecule has 1 saturated heterocycles. The molecule has 2 aromatic carbocycles. The predicted octanol–water partition coefficient (Wildman–Crippen LogP) is 3.75. The second-order valence-corrected chi connectivity index (χ2v) is 6.42. The highest BCUT2D eigenvalue weighted by Crippen LogP contribution is 2.21. The zero-order valence-corrected chi connectivity index (χ0v) is 13.5. The van der Waals surface area contributed by atoms with Crippen molar-refractivity contribution in [2.75, 3.05) is 19.7 Å². The van der Waals surface area contributed by atoms with E-state index in [2.05, 4.69) is 40.3 Å². The molecular formula is C20H21FN2O. The number of nitrogens with zero attached hydrogens (tertiary/aromatic N) is 1. The number of para-hydroxylation sites is 1. The van der Waals surface area contributed by atoms with Gasteiger partial charge in [0.15, 0.2) is 0 Å². The number of H-pyrrole nitrogens is 1. The van der Waals surface area contributed by atoms with Gasteiger partial charge in [-0.1, -0.05) is 30.3 Å². The summed E-state index contributed by atoms with van der Waals surface area (Å²) in [5.41, 5.74) is 3.63. The summed E-state index contributed by atoms with van der Waals surface area (Å²) >= 11 is 0. The van der Waals surface area contributed by atoms with Crippen LogP contribution in [0.3, 0.4) is 0 Å². The second-order valence-electron chi connectivity index (χ2n) is 6.42. The van der Waals surface area contributed by atoms with Crippen molar-refractivity contribution in [3.05, 3.63) is 71.7 Å². The molecule has 0 spiro atoms. The number of rotatable bonds is 4. The van der Waals surface area contributed by atoms with Crippen LogP contribution in [-0.2, 0) is 17.7 Å².